The number of benzene rings is 2. The second kappa shape index (κ2) is 8.27. The normalized spacial score (nSPS) is 18.5. The van der Waals surface area contributed by atoms with Crippen LogP contribution < -0.4 is 10.1 Å². The van der Waals surface area contributed by atoms with Gasteiger partial charge in [-0.15, -0.1) is 0 Å². The van der Waals surface area contributed by atoms with E-state index in [1.807, 2.05) is 25.1 Å². The number of ether oxygens (including phenoxy) is 1. The first-order valence-corrected chi connectivity index (χ1v) is 10.4. The lowest BCUT2D eigenvalue weighted by atomic mass is 9.90. The lowest BCUT2D eigenvalue weighted by Crippen LogP contribution is -2.29. The maximum Gasteiger partial charge on any atom is 0.263 e. The molecule has 29 heavy (non-hydrogen) atoms. The van der Waals surface area contributed by atoms with E-state index in [1.54, 1.807) is 11.9 Å². The third-order valence-corrected chi connectivity index (χ3v) is 5.91. The first-order chi connectivity index (χ1) is 14.0. The zero-order chi connectivity index (χ0) is 20.4. The number of likely N-dealkylation sites (N-methyl/N-ethyl adjacent to an activating group) is 1. The molecule has 0 saturated carbocycles. The Labute approximate surface area is 172 Å². The number of amides is 2. The van der Waals surface area contributed by atoms with Gasteiger partial charge in [-0.25, -0.2) is 0 Å². The molecule has 0 unspecified atom stereocenters. The number of fused-ring (bicyclic) bond motifs is 1. The highest BCUT2D eigenvalue weighted by molar-refractivity contribution is 5.93. The summed E-state index contributed by atoms with van der Waals surface area (Å²) < 4.78 is 5.84. The first kappa shape index (κ1) is 19.5. The number of anilines is 1. The van der Waals surface area contributed by atoms with Crippen molar-refractivity contribution in [1.82, 2.24) is 4.90 Å². The van der Waals surface area contributed by atoms with Gasteiger partial charge in [-0.1, -0.05) is 18.2 Å². The molecule has 2 amide bonds. The van der Waals surface area contributed by atoms with Crippen molar-refractivity contribution in [1.29, 1.82) is 0 Å². The minimum absolute atomic E-state index is 0.0186. The number of likely N-dealkylation sites (tertiary alicyclic amines) is 1. The topological polar surface area (TPSA) is 58.6 Å². The summed E-state index contributed by atoms with van der Waals surface area (Å²) in [7, 11) is 1.79. The number of aryl methyl sites for hydroxylation is 3. The first-order valence-electron chi connectivity index (χ1n) is 10.4. The second-order valence-corrected chi connectivity index (χ2v) is 8.17. The van der Waals surface area contributed by atoms with Gasteiger partial charge in [-0.05, 0) is 73.1 Å². The van der Waals surface area contributed by atoms with Crippen molar-refractivity contribution in [2.75, 3.05) is 18.9 Å². The van der Waals surface area contributed by atoms with Gasteiger partial charge in [0, 0.05) is 25.7 Å². The van der Waals surface area contributed by atoms with Crippen LogP contribution in [0.4, 0.5) is 5.69 Å². The summed E-state index contributed by atoms with van der Waals surface area (Å²) in [4.78, 5) is 26.3. The molecule has 1 heterocycles. The third kappa shape index (κ3) is 4.44. The van der Waals surface area contributed by atoms with Crippen LogP contribution >= 0.6 is 0 Å². The molecule has 2 aromatic carbocycles. The summed E-state index contributed by atoms with van der Waals surface area (Å²) in [6.45, 7) is 2.66. The summed E-state index contributed by atoms with van der Waals surface area (Å²) in [6, 6.07) is 12.0. The molecular weight excluding hydrogens is 364 g/mol. The van der Waals surface area contributed by atoms with Crippen molar-refractivity contribution in [2.24, 2.45) is 0 Å². The van der Waals surface area contributed by atoms with E-state index in [1.165, 1.54) is 24.0 Å². The molecule has 0 bridgehead atoms. The van der Waals surface area contributed by atoms with E-state index in [4.69, 9.17) is 4.74 Å². The summed E-state index contributed by atoms with van der Waals surface area (Å²) in [5, 5.41) is 3.01. The fraction of sp³-hybridized carbons (Fsp3) is 0.417. The standard InChI is InChI=1S/C24H28N2O3/c1-16-13-20(29-22-11-12-26(2)24(22)28)9-10-21(16)25-23(27)15-17-7-8-18-5-3-4-6-19(18)14-17/h7-10,13-14,22H,3-6,11-12,15H2,1-2H3,(H,25,27)/t22-/m0/s1. The van der Waals surface area contributed by atoms with Crippen LogP contribution in [0.5, 0.6) is 5.75 Å². The maximum absolute atomic E-state index is 12.6. The Kier molecular flexibility index (Phi) is 5.56. The molecular formula is C24H28N2O3. The van der Waals surface area contributed by atoms with Crippen LogP contribution in [0.25, 0.3) is 0 Å². The van der Waals surface area contributed by atoms with Crippen molar-refractivity contribution in [3.05, 3.63) is 58.7 Å². The zero-order valence-electron chi connectivity index (χ0n) is 17.2. The molecule has 5 heteroatoms. The van der Waals surface area contributed by atoms with Crippen molar-refractivity contribution in [2.45, 2.75) is 51.6 Å². The summed E-state index contributed by atoms with van der Waals surface area (Å²) in [5.41, 5.74) is 5.57. The number of carbonyl (C=O) groups is 2. The number of nitrogens with zero attached hydrogens (tertiary/aromatic N) is 1. The lowest BCUT2D eigenvalue weighted by Gasteiger charge is -2.17. The summed E-state index contributed by atoms with van der Waals surface area (Å²) in [6.07, 6.45) is 5.42. The van der Waals surface area contributed by atoms with Crippen LogP contribution in [-0.4, -0.2) is 36.4 Å². The Balaban J connectivity index is 1.37. The zero-order valence-corrected chi connectivity index (χ0v) is 17.2. The van der Waals surface area contributed by atoms with E-state index in [-0.39, 0.29) is 11.8 Å². The third-order valence-electron chi connectivity index (χ3n) is 5.91. The Morgan fingerprint density at radius 2 is 1.93 bits per heavy atom. The Morgan fingerprint density at radius 1 is 1.14 bits per heavy atom. The van der Waals surface area contributed by atoms with E-state index < -0.39 is 6.10 Å². The van der Waals surface area contributed by atoms with E-state index >= 15 is 0 Å². The molecule has 5 nitrogen and oxygen atoms in total. The van der Waals surface area contributed by atoms with Gasteiger partial charge in [0.2, 0.25) is 5.91 Å². The fourth-order valence-corrected chi connectivity index (χ4v) is 4.19. The molecule has 152 valence electrons. The van der Waals surface area contributed by atoms with E-state index in [0.717, 1.165) is 36.2 Å². The van der Waals surface area contributed by atoms with Crippen LogP contribution in [0.15, 0.2) is 36.4 Å². The number of hydrogen-bond acceptors (Lipinski definition) is 3. The second-order valence-electron chi connectivity index (χ2n) is 8.17. The molecule has 4 rings (SSSR count). The molecule has 1 atom stereocenters. The van der Waals surface area contributed by atoms with Gasteiger partial charge in [0.1, 0.15) is 5.75 Å². The number of hydrogen-bond donors (Lipinski definition) is 1. The van der Waals surface area contributed by atoms with Crippen molar-refractivity contribution in [3.8, 4) is 5.75 Å². The minimum atomic E-state index is -0.413. The molecule has 2 aliphatic rings. The van der Waals surface area contributed by atoms with Crippen molar-refractivity contribution >= 4 is 17.5 Å². The van der Waals surface area contributed by atoms with Gasteiger partial charge in [0.25, 0.3) is 5.91 Å². The van der Waals surface area contributed by atoms with Gasteiger partial charge in [0.15, 0.2) is 6.10 Å². The highest BCUT2D eigenvalue weighted by Gasteiger charge is 2.30. The van der Waals surface area contributed by atoms with Crippen molar-refractivity contribution in [3.63, 3.8) is 0 Å². The van der Waals surface area contributed by atoms with E-state index in [9.17, 15) is 9.59 Å². The van der Waals surface area contributed by atoms with Crippen LogP contribution in [0.1, 0.15) is 41.5 Å². The van der Waals surface area contributed by atoms with Gasteiger partial charge >= 0.3 is 0 Å². The average Bonchev–Trinajstić information content (AvgIpc) is 3.02. The van der Waals surface area contributed by atoms with Gasteiger partial charge in [0.05, 0.1) is 6.42 Å². The van der Waals surface area contributed by atoms with Crippen molar-refractivity contribution < 1.29 is 14.3 Å². The quantitative estimate of drug-likeness (QED) is 0.845. The molecule has 1 aliphatic carbocycles. The monoisotopic (exact) mass is 392 g/mol. The SMILES string of the molecule is Cc1cc(O[C@H]2CCN(C)C2=O)ccc1NC(=O)Cc1ccc2c(c1)CCCC2. The average molecular weight is 392 g/mol. The van der Waals surface area contributed by atoms with Gasteiger partial charge < -0.3 is 15.0 Å². The van der Waals surface area contributed by atoms with Gasteiger partial charge in [-0.2, -0.15) is 0 Å². The lowest BCUT2D eigenvalue weighted by molar-refractivity contribution is -0.132. The Hall–Kier alpha value is -2.82. The molecule has 0 aromatic heterocycles. The van der Waals surface area contributed by atoms with Crippen LogP contribution in [0.2, 0.25) is 0 Å². The fourth-order valence-electron chi connectivity index (χ4n) is 4.19. The number of rotatable bonds is 5. The van der Waals surface area contributed by atoms with Crippen LogP contribution in [0, 0.1) is 6.92 Å². The van der Waals surface area contributed by atoms with E-state index in [0.29, 0.717) is 18.6 Å². The molecule has 1 fully saturated rings. The van der Waals surface area contributed by atoms with Crippen LogP contribution in [0.3, 0.4) is 0 Å². The molecule has 2 aromatic rings. The largest absolute Gasteiger partial charge is 0.481 e. The number of nitrogens with one attached hydrogen (secondary N) is 1. The van der Waals surface area contributed by atoms with Gasteiger partial charge in [-0.3, -0.25) is 9.59 Å². The molecule has 1 aliphatic heterocycles. The summed E-state index contributed by atoms with van der Waals surface area (Å²) in [5.74, 6) is 0.652. The predicted molar refractivity (Wildman–Crippen MR) is 113 cm³/mol. The van der Waals surface area contributed by atoms with Crippen LogP contribution in [-0.2, 0) is 28.9 Å². The minimum Gasteiger partial charge on any atom is -0.481 e. The highest BCUT2D eigenvalue weighted by Crippen LogP contribution is 2.25. The molecule has 1 saturated heterocycles. The molecule has 0 spiro atoms. The predicted octanol–water partition coefficient (Wildman–Crippen LogP) is 3.66. The maximum atomic E-state index is 12.6. The Morgan fingerprint density at radius 3 is 2.66 bits per heavy atom. The van der Waals surface area contributed by atoms with E-state index in [2.05, 4.69) is 23.5 Å². The highest BCUT2D eigenvalue weighted by atomic mass is 16.5. The molecule has 0 radical (unpaired) electrons. The number of carbonyl (C=O) groups excluding carboxylic acids is 2. The smallest absolute Gasteiger partial charge is 0.263 e. The summed E-state index contributed by atoms with van der Waals surface area (Å²) >= 11 is 0. The molecule has 1 N–H and O–H groups in total. The Bertz CT molecular complexity index is 938.